The highest BCUT2D eigenvalue weighted by atomic mass is 16.5. The molecule has 2 aliphatic rings. The molecule has 1 aliphatic carbocycles. The minimum atomic E-state index is -0.807. The maximum absolute atomic E-state index is 10.6. The van der Waals surface area contributed by atoms with Gasteiger partial charge in [0.25, 0.3) is 0 Å². The molecule has 0 aromatic carbocycles. The van der Waals surface area contributed by atoms with Gasteiger partial charge in [-0.2, -0.15) is 5.10 Å². The van der Waals surface area contributed by atoms with Crippen LogP contribution in [0.2, 0.25) is 0 Å². The Morgan fingerprint density at radius 1 is 1.31 bits per heavy atom. The third kappa shape index (κ3) is 2.85. The number of aryl methyl sites for hydroxylation is 1. The molecule has 8 nitrogen and oxygen atoms in total. The molecule has 5 rings (SSSR count). The molecule has 1 N–H and O–H groups in total. The van der Waals surface area contributed by atoms with E-state index >= 15 is 0 Å². The van der Waals surface area contributed by atoms with Crippen LogP contribution < -0.4 is 0 Å². The molecule has 26 heavy (non-hydrogen) atoms. The van der Waals surface area contributed by atoms with E-state index in [1.807, 2.05) is 28.6 Å². The Bertz CT molecular complexity index is 922. The predicted octanol–water partition coefficient (Wildman–Crippen LogP) is 1.58. The molecule has 3 aromatic heterocycles. The van der Waals surface area contributed by atoms with Crippen LogP contribution in [0.25, 0.3) is 0 Å². The number of fused-ring (bicyclic) bond motifs is 1. The third-order valence-electron chi connectivity index (χ3n) is 5.22. The van der Waals surface area contributed by atoms with Crippen LogP contribution in [0.15, 0.2) is 29.0 Å². The zero-order chi connectivity index (χ0) is 17.7. The van der Waals surface area contributed by atoms with Crippen molar-refractivity contribution in [3.05, 3.63) is 53.2 Å². The van der Waals surface area contributed by atoms with E-state index in [0.717, 1.165) is 43.3 Å². The van der Waals surface area contributed by atoms with Crippen molar-refractivity contribution < 1.29 is 9.63 Å². The number of aliphatic hydroxyl groups excluding tert-OH is 1. The monoisotopic (exact) mass is 354 g/mol. The number of rotatable bonds is 5. The molecule has 136 valence electrons. The molecule has 1 atom stereocenters. The lowest BCUT2D eigenvalue weighted by atomic mass is 10.2. The average molecular weight is 354 g/mol. The lowest BCUT2D eigenvalue weighted by Crippen LogP contribution is -2.33. The van der Waals surface area contributed by atoms with Crippen molar-refractivity contribution in [2.45, 2.75) is 44.5 Å². The van der Waals surface area contributed by atoms with Gasteiger partial charge in [-0.1, -0.05) is 5.16 Å². The fraction of sp³-hybridized carbons (Fsp3) is 0.500. The Kier molecular flexibility index (Phi) is 3.68. The second-order valence-corrected chi connectivity index (χ2v) is 7.29. The molecule has 0 bridgehead atoms. The van der Waals surface area contributed by atoms with Crippen molar-refractivity contribution in [3.63, 3.8) is 0 Å². The van der Waals surface area contributed by atoms with E-state index < -0.39 is 6.10 Å². The molecular weight excluding hydrogens is 332 g/mol. The topological polar surface area (TPSA) is 85.1 Å². The summed E-state index contributed by atoms with van der Waals surface area (Å²) in [7, 11) is 1.87. The summed E-state index contributed by atoms with van der Waals surface area (Å²) in [6, 6.07) is 4.07. The lowest BCUT2D eigenvalue weighted by Gasteiger charge is -2.26. The first-order valence-electron chi connectivity index (χ1n) is 9.07. The number of aromatic nitrogens is 5. The summed E-state index contributed by atoms with van der Waals surface area (Å²) in [5.74, 6) is 2.23. The van der Waals surface area contributed by atoms with Gasteiger partial charge in [-0.25, -0.2) is 4.98 Å². The van der Waals surface area contributed by atoms with Crippen molar-refractivity contribution in [2.24, 2.45) is 7.05 Å². The highest BCUT2D eigenvalue weighted by Gasteiger charge is 2.29. The summed E-state index contributed by atoms with van der Waals surface area (Å²) in [6.45, 7) is 3.26. The van der Waals surface area contributed by atoms with E-state index in [-0.39, 0.29) is 0 Å². The molecule has 0 amide bonds. The lowest BCUT2D eigenvalue weighted by molar-refractivity contribution is 0.192. The van der Waals surface area contributed by atoms with Crippen LogP contribution in [-0.4, -0.2) is 41.0 Å². The quantitative estimate of drug-likeness (QED) is 0.749. The van der Waals surface area contributed by atoms with Crippen LogP contribution in [0, 0.1) is 0 Å². The van der Waals surface area contributed by atoms with Crippen molar-refractivity contribution in [1.29, 1.82) is 0 Å². The van der Waals surface area contributed by atoms with E-state index in [0.29, 0.717) is 17.4 Å². The molecule has 3 aromatic rings. The zero-order valence-electron chi connectivity index (χ0n) is 14.7. The highest BCUT2D eigenvalue weighted by Crippen LogP contribution is 2.40. The van der Waals surface area contributed by atoms with Crippen molar-refractivity contribution in [1.82, 2.24) is 29.4 Å². The summed E-state index contributed by atoms with van der Waals surface area (Å²) in [6.07, 6.45) is 5.14. The molecule has 0 unspecified atom stereocenters. The SMILES string of the molecule is Cn1ccnc1[C@H](O)c1cc2n(n1)CCN(Cc1cc(C3CC3)on1)C2. The first kappa shape index (κ1) is 15.8. The smallest absolute Gasteiger partial charge is 0.155 e. The normalized spacial score (nSPS) is 18.8. The second-order valence-electron chi connectivity index (χ2n) is 7.29. The second kappa shape index (κ2) is 6.07. The summed E-state index contributed by atoms with van der Waals surface area (Å²) < 4.78 is 9.25. The Morgan fingerprint density at radius 2 is 2.19 bits per heavy atom. The number of nitrogens with zero attached hydrogens (tertiary/aromatic N) is 6. The molecule has 4 heterocycles. The molecule has 1 aliphatic heterocycles. The third-order valence-corrected chi connectivity index (χ3v) is 5.22. The summed E-state index contributed by atoms with van der Waals surface area (Å²) >= 11 is 0. The van der Waals surface area contributed by atoms with Gasteiger partial charge in [0.2, 0.25) is 0 Å². The zero-order valence-corrected chi connectivity index (χ0v) is 14.7. The Balaban J connectivity index is 1.29. The molecular formula is C18H22N6O2. The van der Waals surface area contributed by atoms with Gasteiger partial charge < -0.3 is 14.2 Å². The molecule has 0 saturated heterocycles. The van der Waals surface area contributed by atoms with Gasteiger partial charge >= 0.3 is 0 Å². The van der Waals surface area contributed by atoms with Crippen LogP contribution in [0.5, 0.6) is 0 Å². The van der Waals surface area contributed by atoms with Crippen LogP contribution in [-0.2, 0) is 26.7 Å². The van der Waals surface area contributed by atoms with Gasteiger partial charge in [-0.15, -0.1) is 0 Å². The van der Waals surface area contributed by atoms with E-state index in [4.69, 9.17) is 4.52 Å². The summed E-state index contributed by atoms with van der Waals surface area (Å²) in [5, 5.41) is 19.4. The van der Waals surface area contributed by atoms with Gasteiger partial charge in [-0.05, 0) is 18.9 Å². The first-order chi connectivity index (χ1) is 12.7. The summed E-state index contributed by atoms with van der Waals surface area (Å²) in [4.78, 5) is 6.56. The Morgan fingerprint density at radius 3 is 2.96 bits per heavy atom. The van der Waals surface area contributed by atoms with Gasteiger partial charge in [-0.3, -0.25) is 9.58 Å². The molecule has 1 saturated carbocycles. The van der Waals surface area contributed by atoms with Gasteiger partial charge in [0, 0.05) is 51.1 Å². The number of aliphatic hydroxyl groups is 1. The van der Waals surface area contributed by atoms with Crippen LogP contribution in [0.3, 0.4) is 0 Å². The molecule has 0 spiro atoms. The van der Waals surface area contributed by atoms with Crippen molar-refractivity contribution in [3.8, 4) is 0 Å². The highest BCUT2D eigenvalue weighted by molar-refractivity contribution is 5.20. The van der Waals surface area contributed by atoms with E-state index in [9.17, 15) is 5.11 Å². The van der Waals surface area contributed by atoms with Gasteiger partial charge in [0.05, 0.1) is 23.6 Å². The maximum atomic E-state index is 10.6. The molecule has 8 heteroatoms. The number of hydrogen-bond donors (Lipinski definition) is 1. The number of hydrogen-bond acceptors (Lipinski definition) is 6. The average Bonchev–Trinajstić information content (AvgIpc) is 3.04. The van der Waals surface area contributed by atoms with Crippen LogP contribution >= 0.6 is 0 Å². The van der Waals surface area contributed by atoms with Gasteiger partial charge in [0.15, 0.2) is 6.10 Å². The van der Waals surface area contributed by atoms with E-state index in [1.54, 1.807) is 6.20 Å². The first-order valence-corrected chi connectivity index (χ1v) is 9.07. The van der Waals surface area contributed by atoms with Crippen molar-refractivity contribution in [2.75, 3.05) is 6.54 Å². The minimum absolute atomic E-state index is 0.592. The van der Waals surface area contributed by atoms with Crippen LogP contribution in [0.1, 0.15) is 53.5 Å². The standard InChI is InChI=1S/C18H22N6O2/c1-22-5-4-19-18(22)17(25)15-9-14-11-23(6-7-24(14)20-15)10-13-8-16(26-21-13)12-2-3-12/h4-5,8-9,12,17,25H,2-3,6-7,10-11H2,1H3/t17-/m1/s1. The largest absolute Gasteiger partial charge is 0.379 e. The Labute approximate surface area is 151 Å². The molecule has 1 fully saturated rings. The van der Waals surface area contributed by atoms with Crippen LogP contribution in [0.4, 0.5) is 0 Å². The fourth-order valence-corrected chi connectivity index (χ4v) is 3.58. The minimum Gasteiger partial charge on any atom is -0.379 e. The van der Waals surface area contributed by atoms with Crippen molar-refractivity contribution >= 4 is 0 Å². The van der Waals surface area contributed by atoms with E-state index in [2.05, 4.69) is 26.2 Å². The van der Waals surface area contributed by atoms with E-state index in [1.165, 1.54) is 12.8 Å². The fourth-order valence-electron chi connectivity index (χ4n) is 3.58. The maximum Gasteiger partial charge on any atom is 0.155 e. The predicted molar refractivity (Wildman–Crippen MR) is 92.1 cm³/mol. The van der Waals surface area contributed by atoms with Gasteiger partial charge in [0.1, 0.15) is 11.6 Å². The number of imidazole rings is 1. The summed E-state index contributed by atoms with van der Waals surface area (Å²) in [5.41, 5.74) is 2.74. The Hall–Kier alpha value is -2.45. The molecule has 0 radical (unpaired) electrons.